The van der Waals surface area contributed by atoms with Crippen molar-refractivity contribution in [1.29, 1.82) is 0 Å². The second kappa shape index (κ2) is 12.8. The average Bonchev–Trinajstić information content (AvgIpc) is 3.59. The lowest BCUT2D eigenvalue weighted by atomic mass is 9.72. The predicted octanol–water partition coefficient (Wildman–Crippen LogP) is 5.89. The Morgan fingerprint density at radius 1 is 0.607 bits per heavy atom. The number of aromatic nitrogens is 6. The molecule has 4 aliphatic rings. The third-order valence-corrected chi connectivity index (χ3v) is 13.2. The lowest BCUT2D eigenvalue weighted by Crippen LogP contribution is -2.72. The molecule has 2 spiro atoms. The van der Waals surface area contributed by atoms with Crippen molar-refractivity contribution in [3.8, 4) is 33.6 Å². The molecule has 286 valence electrons. The van der Waals surface area contributed by atoms with Gasteiger partial charge in [-0.2, -0.15) is 0 Å². The van der Waals surface area contributed by atoms with Crippen molar-refractivity contribution >= 4 is 57.3 Å². The van der Waals surface area contributed by atoms with Gasteiger partial charge < -0.3 is 18.9 Å². The van der Waals surface area contributed by atoms with Gasteiger partial charge in [-0.15, -0.1) is 0 Å². The Bertz CT molecular complexity index is 2430. The molecule has 56 heavy (non-hydrogen) atoms. The van der Waals surface area contributed by atoms with Gasteiger partial charge in [0.25, 0.3) is 0 Å². The fraction of sp³-hybridized carbons (Fsp3) is 0.381. The quantitative estimate of drug-likeness (QED) is 0.197. The average molecular weight is 790 g/mol. The fourth-order valence-corrected chi connectivity index (χ4v) is 10.3. The Balaban J connectivity index is 0.878. The molecule has 6 aromatic rings. The van der Waals surface area contributed by atoms with E-state index in [2.05, 4.69) is 22.2 Å². The van der Waals surface area contributed by atoms with E-state index in [1.807, 2.05) is 69.4 Å². The lowest BCUT2D eigenvalue weighted by Gasteiger charge is -2.60. The van der Waals surface area contributed by atoms with E-state index in [9.17, 15) is 9.59 Å². The third kappa shape index (κ3) is 5.71. The second-order valence-electron chi connectivity index (χ2n) is 16.8. The molecule has 0 unspecified atom stereocenters. The van der Waals surface area contributed by atoms with Gasteiger partial charge in [0, 0.05) is 150 Å². The third-order valence-electron chi connectivity index (χ3n) is 12.3. The number of carbonyl (C=O) groups is 2. The van der Waals surface area contributed by atoms with Crippen LogP contribution in [0.4, 0.5) is 0 Å². The molecule has 4 aromatic heterocycles. The zero-order valence-electron chi connectivity index (χ0n) is 31.9. The molecule has 0 saturated carbocycles. The van der Waals surface area contributed by atoms with Crippen molar-refractivity contribution in [2.75, 3.05) is 52.4 Å². The van der Waals surface area contributed by atoms with E-state index in [1.54, 1.807) is 26.2 Å². The zero-order chi connectivity index (χ0) is 38.7. The first-order valence-corrected chi connectivity index (χ1v) is 19.8. The molecule has 0 N–H and O–H groups in total. The normalized spacial score (nSPS) is 18.7. The van der Waals surface area contributed by atoms with Crippen LogP contribution in [-0.2, 0) is 36.8 Å². The molecule has 12 nitrogen and oxygen atoms in total. The maximum Gasteiger partial charge on any atom is 0.219 e. The van der Waals surface area contributed by atoms with Crippen molar-refractivity contribution in [3.63, 3.8) is 0 Å². The van der Waals surface area contributed by atoms with Crippen LogP contribution in [0.25, 0.3) is 56.0 Å². The summed E-state index contributed by atoms with van der Waals surface area (Å²) in [7, 11) is 4.00. The van der Waals surface area contributed by atoms with Gasteiger partial charge in [0.05, 0.1) is 33.8 Å². The van der Waals surface area contributed by atoms with Crippen molar-refractivity contribution in [2.45, 2.75) is 26.9 Å². The van der Waals surface area contributed by atoms with Gasteiger partial charge in [0.1, 0.15) is 11.0 Å². The van der Waals surface area contributed by atoms with Gasteiger partial charge >= 0.3 is 0 Å². The number of hydrogen-bond acceptors (Lipinski definition) is 8. The van der Waals surface area contributed by atoms with Crippen LogP contribution >= 0.6 is 23.2 Å². The van der Waals surface area contributed by atoms with Gasteiger partial charge in [0.15, 0.2) is 11.3 Å². The van der Waals surface area contributed by atoms with Crippen LogP contribution in [0.15, 0.2) is 61.2 Å². The number of nitrogens with zero attached hydrogens (tertiary/aromatic N) is 10. The largest absolute Gasteiger partial charge is 0.341 e. The molecule has 8 heterocycles. The summed E-state index contributed by atoms with van der Waals surface area (Å²) in [6.07, 6.45) is 7.83. The SMILES string of the molecule is CC(=O)N1CC2(CN(Cc3cn(C)c4nc(-c5cccc(-c6cccc(-c7cnc8c(CN9CC%10(C9)CN(C(C)=O)C%10)cn(C)c8n7)c6Cl)c5Cl)cnc34)C2)C1. The number of aryl methyl sites for hydroxylation is 2. The fourth-order valence-electron chi connectivity index (χ4n) is 9.66. The Hall–Kier alpha value is -4.88. The first-order chi connectivity index (χ1) is 26.9. The lowest BCUT2D eigenvalue weighted by molar-refractivity contribution is -0.158. The van der Waals surface area contributed by atoms with Crippen molar-refractivity contribution in [1.82, 2.24) is 48.7 Å². The smallest absolute Gasteiger partial charge is 0.219 e. The number of rotatable bonds is 7. The van der Waals surface area contributed by atoms with Crippen LogP contribution in [0.1, 0.15) is 25.0 Å². The van der Waals surface area contributed by atoms with E-state index < -0.39 is 0 Å². The highest BCUT2D eigenvalue weighted by Crippen LogP contribution is 2.44. The summed E-state index contributed by atoms with van der Waals surface area (Å²) in [6, 6.07) is 11.8. The first kappa shape index (κ1) is 35.5. The molecule has 2 amide bonds. The van der Waals surface area contributed by atoms with E-state index in [0.717, 1.165) is 121 Å². The van der Waals surface area contributed by atoms with E-state index in [0.29, 0.717) is 21.4 Å². The number of amides is 2. The van der Waals surface area contributed by atoms with Crippen LogP contribution in [-0.4, -0.2) is 113 Å². The molecule has 4 saturated heterocycles. The summed E-state index contributed by atoms with van der Waals surface area (Å²) < 4.78 is 4.06. The minimum absolute atomic E-state index is 0.160. The topological polar surface area (TPSA) is 109 Å². The molecule has 0 bridgehead atoms. The molecule has 0 radical (unpaired) electrons. The number of halogens is 2. The van der Waals surface area contributed by atoms with Crippen LogP contribution in [0.3, 0.4) is 0 Å². The summed E-state index contributed by atoms with van der Waals surface area (Å²) >= 11 is 14.4. The van der Waals surface area contributed by atoms with E-state index >= 15 is 0 Å². The Morgan fingerprint density at radius 2 is 0.982 bits per heavy atom. The molecule has 4 aliphatic heterocycles. The van der Waals surface area contributed by atoms with Gasteiger partial charge in [-0.1, -0.05) is 59.6 Å². The van der Waals surface area contributed by atoms with Gasteiger partial charge in [-0.3, -0.25) is 29.4 Å². The minimum atomic E-state index is 0.160. The van der Waals surface area contributed by atoms with Gasteiger partial charge in [0.2, 0.25) is 11.8 Å². The van der Waals surface area contributed by atoms with E-state index in [1.165, 1.54) is 0 Å². The van der Waals surface area contributed by atoms with Crippen LogP contribution < -0.4 is 0 Å². The molecule has 0 atom stereocenters. The highest BCUT2D eigenvalue weighted by Gasteiger charge is 2.53. The maximum absolute atomic E-state index is 11.7. The minimum Gasteiger partial charge on any atom is -0.341 e. The summed E-state index contributed by atoms with van der Waals surface area (Å²) in [4.78, 5) is 52.0. The summed E-state index contributed by atoms with van der Waals surface area (Å²) in [5.74, 6) is 0.319. The van der Waals surface area contributed by atoms with Crippen molar-refractivity contribution < 1.29 is 9.59 Å². The second-order valence-corrected chi connectivity index (χ2v) is 17.5. The molecular weight excluding hydrogens is 747 g/mol. The summed E-state index contributed by atoms with van der Waals surface area (Å²) in [5, 5.41) is 1.08. The number of benzene rings is 2. The maximum atomic E-state index is 11.7. The molecule has 2 aromatic carbocycles. The van der Waals surface area contributed by atoms with E-state index in [-0.39, 0.29) is 22.6 Å². The van der Waals surface area contributed by atoms with Crippen molar-refractivity contribution in [3.05, 3.63) is 82.4 Å². The molecule has 0 aliphatic carbocycles. The Kier molecular flexibility index (Phi) is 8.13. The van der Waals surface area contributed by atoms with Crippen LogP contribution in [0.5, 0.6) is 0 Å². The van der Waals surface area contributed by atoms with Crippen LogP contribution in [0, 0.1) is 10.8 Å². The highest BCUT2D eigenvalue weighted by atomic mass is 35.5. The number of fused-ring (bicyclic) bond motifs is 2. The Labute approximate surface area is 334 Å². The number of carbonyl (C=O) groups excluding carboxylic acids is 2. The van der Waals surface area contributed by atoms with Gasteiger partial charge in [-0.05, 0) is 0 Å². The van der Waals surface area contributed by atoms with E-state index in [4.69, 9.17) is 43.1 Å². The highest BCUT2D eigenvalue weighted by molar-refractivity contribution is 6.39. The van der Waals surface area contributed by atoms with Crippen molar-refractivity contribution in [2.24, 2.45) is 24.9 Å². The monoisotopic (exact) mass is 788 g/mol. The Morgan fingerprint density at radius 3 is 1.36 bits per heavy atom. The predicted molar refractivity (Wildman–Crippen MR) is 217 cm³/mol. The molecule has 14 heteroatoms. The summed E-state index contributed by atoms with van der Waals surface area (Å²) in [5.41, 5.74) is 10.6. The zero-order valence-corrected chi connectivity index (χ0v) is 33.4. The molecule has 4 fully saturated rings. The van der Waals surface area contributed by atoms with Gasteiger partial charge in [-0.25, -0.2) is 9.97 Å². The number of hydrogen-bond donors (Lipinski definition) is 0. The van der Waals surface area contributed by atoms with Crippen LogP contribution in [0.2, 0.25) is 10.0 Å². The summed E-state index contributed by atoms with van der Waals surface area (Å²) in [6.45, 7) is 12.3. The number of likely N-dealkylation sites (tertiary alicyclic amines) is 4. The molecule has 10 rings (SSSR count). The standard InChI is InChI=1S/C42H42Cl2N10O2/c1-25(55)53-21-41(22-53)17-51(18-41)15-27-13-49(3)39-37(27)45-11-33(47-39)31-9-5-7-29(35(31)43)30-8-6-10-32(36(30)44)34-12-46-38-28(14-50(4)40(38)48-34)16-52-19-42(20-52)23-54(24-42)26(2)56/h5-14H,15-24H2,1-4H3. The molecular formula is C42H42Cl2N10O2. The first-order valence-electron chi connectivity index (χ1n) is 19.0.